The van der Waals surface area contributed by atoms with Gasteiger partial charge >= 0.3 is 0 Å². The van der Waals surface area contributed by atoms with Gasteiger partial charge in [0.1, 0.15) is 12.2 Å². The monoisotopic (exact) mass is 197 g/mol. The van der Waals surface area contributed by atoms with Gasteiger partial charge in [0.15, 0.2) is 0 Å². The smallest absolute Gasteiger partial charge is 0.113 e. The normalized spacial score (nSPS) is 9.40. The Morgan fingerprint density at radius 3 is 3.00 bits per heavy atom. The van der Waals surface area contributed by atoms with Gasteiger partial charge in [0.05, 0.1) is 0 Å². The summed E-state index contributed by atoms with van der Waals surface area (Å²) in [6.07, 6.45) is 3.63. The summed E-state index contributed by atoms with van der Waals surface area (Å²) in [5.41, 5.74) is 1.79. The lowest BCUT2D eigenvalue weighted by atomic mass is 10.3. The Kier molecular flexibility index (Phi) is 2.80. The van der Waals surface area contributed by atoms with Crippen molar-refractivity contribution in [2.45, 2.75) is 13.5 Å². The van der Waals surface area contributed by atoms with E-state index in [1.165, 1.54) is 0 Å². The Morgan fingerprint density at radius 2 is 2.27 bits per heavy atom. The molecule has 0 saturated carbocycles. The minimum atomic E-state index is 0.600. The zero-order valence-electron chi connectivity index (χ0n) is 8.51. The van der Waals surface area contributed by atoms with Gasteiger partial charge < -0.3 is 0 Å². The van der Waals surface area contributed by atoms with Gasteiger partial charge in [-0.1, -0.05) is 12.0 Å². The quantitative estimate of drug-likeness (QED) is 0.651. The molecule has 3 heteroatoms. The van der Waals surface area contributed by atoms with Crippen molar-refractivity contribution >= 4 is 0 Å². The zero-order chi connectivity index (χ0) is 10.5. The first kappa shape index (κ1) is 9.47. The largest absolute Gasteiger partial charge is 0.261 e. The third-order valence-corrected chi connectivity index (χ3v) is 1.91. The van der Waals surface area contributed by atoms with Crippen molar-refractivity contribution in [3.8, 4) is 11.8 Å². The van der Waals surface area contributed by atoms with Gasteiger partial charge in [-0.3, -0.25) is 4.68 Å². The Labute approximate surface area is 88.8 Å². The first-order valence-electron chi connectivity index (χ1n) is 4.74. The van der Waals surface area contributed by atoms with E-state index in [1.54, 1.807) is 10.9 Å². The summed E-state index contributed by atoms with van der Waals surface area (Å²) in [6, 6.07) is 7.70. The van der Waals surface area contributed by atoms with Crippen LogP contribution in [0.15, 0.2) is 36.7 Å². The van der Waals surface area contributed by atoms with E-state index in [0.29, 0.717) is 6.54 Å². The van der Waals surface area contributed by atoms with Gasteiger partial charge in [-0.15, -0.1) is 0 Å². The highest BCUT2D eigenvalue weighted by Gasteiger charge is 1.88. The minimum absolute atomic E-state index is 0.600. The van der Waals surface area contributed by atoms with Crippen LogP contribution in [-0.4, -0.2) is 14.8 Å². The number of hydrogen-bond donors (Lipinski definition) is 0. The number of nitrogens with zero attached hydrogens (tertiary/aromatic N) is 3. The van der Waals surface area contributed by atoms with Crippen molar-refractivity contribution in [2.24, 2.45) is 0 Å². The molecule has 0 unspecified atom stereocenters. The van der Waals surface area contributed by atoms with Gasteiger partial charge in [0.25, 0.3) is 0 Å². The van der Waals surface area contributed by atoms with Crippen LogP contribution < -0.4 is 0 Å². The summed E-state index contributed by atoms with van der Waals surface area (Å²) in [6.45, 7) is 2.56. The summed E-state index contributed by atoms with van der Waals surface area (Å²) in [5.74, 6) is 6.02. The molecule has 0 bridgehead atoms. The van der Waals surface area contributed by atoms with Crippen LogP contribution >= 0.6 is 0 Å². The van der Waals surface area contributed by atoms with Crippen LogP contribution in [0.5, 0.6) is 0 Å². The van der Waals surface area contributed by atoms with Crippen molar-refractivity contribution in [3.63, 3.8) is 0 Å². The van der Waals surface area contributed by atoms with Crippen LogP contribution in [0.25, 0.3) is 0 Å². The number of rotatable bonds is 1. The average molecular weight is 197 g/mol. The van der Waals surface area contributed by atoms with Crippen molar-refractivity contribution in [3.05, 3.63) is 48.0 Å². The Bertz CT molecular complexity index is 489. The molecule has 2 aromatic heterocycles. The Balaban J connectivity index is 2.06. The molecule has 0 aliphatic carbocycles. The van der Waals surface area contributed by atoms with Crippen LogP contribution in [0.4, 0.5) is 0 Å². The molecule has 0 aliphatic heterocycles. The third kappa shape index (κ3) is 2.68. The molecule has 0 N–H and O–H groups in total. The van der Waals surface area contributed by atoms with Gasteiger partial charge in [-0.25, -0.2) is 4.98 Å². The second-order valence-corrected chi connectivity index (χ2v) is 3.17. The lowest BCUT2D eigenvalue weighted by molar-refractivity contribution is 0.715. The number of pyridine rings is 1. The molecule has 0 radical (unpaired) electrons. The molecule has 2 aromatic rings. The molecule has 0 aromatic carbocycles. The van der Waals surface area contributed by atoms with Crippen LogP contribution in [-0.2, 0) is 6.54 Å². The van der Waals surface area contributed by atoms with Gasteiger partial charge in [0, 0.05) is 18.1 Å². The van der Waals surface area contributed by atoms with Crippen LogP contribution in [0.2, 0.25) is 0 Å². The average Bonchev–Trinajstić information content (AvgIpc) is 2.71. The third-order valence-electron chi connectivity index (χ3n) is 1.91. The molecular weight excluding hydrogens is 186 g/mol. The molecule has 0 atom stereocenters. The van der Waals surface area contributed by atoms with Crippen molar-refractivity contribution in [1.29, 1.82) is 0 Å². The number of hydrogen-bond acceptors (Lipinski definition) is 2. The lowest BCUT2D eigenvalue weighted by Crippen LogP contribution is -1.95. The molecule has 0 spiro atoms. The van der Waals surface area contributed by atoms with E-state index in [2.05, 4.69) is 21.9 Å². The fourth-order valence-corrected chi connectivity index (χ4v) is 1.22. The fourth-order valence-electron chi connectivity index (χ4n) is 1.22. The number of aromatic nitrogens is 3. The highest BCUT2D eigenvalue weighted by molar-refractivity contribution is 5.28. The Hall–Kier alpha value is -2.08. The zero-order valence-corrected chi connectivity index (χ0v) is 8.51. The molecule has 74 valence electrons. The second kappa shape index (κ2) is 4.43. The topological polar surface area (TPSA) is 30.7 Å². The maximum absolute atomic E-state index is 4.29. The minimum Gasteiger partial charge on any atom is -0.261 e. The standard InChI is InChI=1S/C12H11N3/c1-11-5-2-6-12(14-11)7-3-9-15-10-4-8-13-15/h2,4-6,8,10H,9H2,1H3. The molecule has 0 saturated heterocycles. The van der Waals surface area contributed by atoms with E-state index in [1.807, 2.05) is 37.4 Å². The van der Waals surface area contributed by atoms with Crippen molar-refractivity contribution < 1.29 is 0 Å². The summed E-state index contributed by atoms with van der Waals surface area (Å²) in [5, 5.41) is 4.06. The van der Waals surface area contributed by atoms with Crippen LogP contribution in [0, 0.1) is 18.8 Å². The highest BCUT2D eigenvalue weighted by Crippen LogP contribution is 1.95. The lowest BCUT2D eigenvalue weighted by Gasteiger charge is -1.92. The van der Waals surface area contributed by atoms with Crippen molar-refractivity contribution in [1.82, 2.24) is 14.8 Å². The van der Waals surface area contributed by atoms with Crippen molar-refractivity contribution in [2.75, 3.05) is 0 Å². The predicted octanol–water partition coefficient (Wildman–Crippen LogP) is 1.64. The van der Waals surface area contributed by atoms with E-state index in [-0.39, 0.29) is 0 Å². The molecule has 0 aliphatic rings. The van der Waals surface area contributed by atoms with E-state index >= 15 is 0 Å². The molecular formula is C12H11N3. The van der Waals surface area contributed by atoms with E-state index < -0.39 is 0 Å². The van der Waals surface area contributed by atoms with Crippen LogP contribution in [0.1, 0.15) is 11.4 Å². The first-order valence-corrected chi connectivity index (χ1v) is 4.74. The fraction of sp³-hybridized carbons (Fsp3) is 0.167. The summed E-state index contributed by atoms with van der Waals surface area (Å²) in [4.78, 5) is 4.29. The summed E-state index contributed by atoms with van der Waals surface area (Å²) in [7, 11) is 0. The Morgan fingerprint density at radius 1 is 1.33 bits per heavy atom. The predicted molar refractivity (Wildman–Crippen MR) is 58.1 cm³/mol. The molecule has 3 nitrogen and oxygen atoms in total. The number of aryl methyl sites for hydroxylation is 1. The second-order valence-electron chi connectivity index (χ2n) is 3.17. The van der Waals surface area contributed by atoms with Gasteiger partial charge in [0.2, 0.25) is 0 Å². The summed E-state index contributed by atoms with van der Waals surface area (Å²) < 4.78 is 1.78. The molecule has 15 heavy (non-hydrogen) atoms. The molecule has 2 heterocycles. The first-order chi connectivity index (χ1) is 7.34. The summed E-state index contributed by atoms with van der Waals surface area (Å²) >= 11 is 0. The highest BCUT2D eigenvalue weighted by atomic mass is 15.3. The molecule has 2 rings (SSSR count). The maximum Gasteiger partial charge on any atom is 0.113 e. The maximum atomic E-state index is 4.29. The van der Waals surface area contributed by atoms with E-state index in [9.17, 15) is 0 Å². The SMILES string of the molecule is Cc1cccc(C#CCn2cccn2)n1. The van der Waals surface area contributed by atoms with Gasteiger partial charge in [-0.2, -0.15) is 5.10 Å². The molecule has 0 amide bonds. The van der Waals surface area contributed by atoms with Crippen LogP contribution in [0.3, 0.4) is 0 Å². The van der Waals surface area contributed by atoms with E-state index in [0.717, 1.165) is 11.4 Å². The van der Waals surface area contributed by atoms with E-state index in [4.69, 9.17) is 0 Å². The van der Waals surface area contributed by atoms with Gasteiger partial charge in [-0.05, 0) is 31.0 Å². The molecule has 0 fully saturated rings.